The zero-order valence-corrected chi connectivity index (χ0v) is 10.9. The summed E-state index contributed by atoms with van der Waals surface area (Å²) >= 11 is 3.41. The van der Waals surface area contributed by atoms with E-state index in [0.717, 1.165) is 23.1 Å². The van der Waals surface area contributed by atoms with Crippen molar-refractivity contribution in [2.45, 2.75) is 6.42 Å². The molecule has 0 unspecified atom stereocenters. The van der Waals surface area contributed by atoms with Crippen LogP contribution < -0.4 is 5.32 Å². The molecule has 0 aromatic heterocycles. The first kappa shape index (κ1) is 12.0. The number of rotatable bonds is 4. The van der Waals surface area contributed by atoms with Gasteiger partial charge in [-0.05, 0) is 36.2 Å². The first-order valence-electron chi connectivity index (χ1n) is 5.52. The molecule has 2 aromatic carbocycles. The lowest BCUT2D eigenvalue weighted by molar-refractivity contribution is 0.477. The van der Waals surface area contributed by atoms with Crippen molar-refractivity contribution in [2.75, 3.05) is 11.9 Å². The van der Waals surface area contributed by atoms with Crippen LogP contribution in [0, 0.1) is 0 Å². The van der Waals surface area contributed by atoms with E-state index in [-0.39, 0.29) is 0 Å². The molecule has 0 bridgehead atoms. The van der Waals surface area contributed by atoms with Gasteiger partial charge >= 0.3 is 0 Å². The number of halogens is 1. The van der Waals surface area contributed by atoms with Crippen LogP contribution in [0.1, 0.15) is 5.56 Å². The van der Waals surface area contributed by atoms with Crippen molar-refractivity contribution in [3.8, 4) is 5.75 Å². The van der Waals surface area contributed by atoms with Crippen LogP contribution in [0.4, 0.5) is 5.69 Å². The predicted octanol–water partition coefficient (Wildman–Crippen LogP) is 3.81. The van der Waals surface area contributed by atoms with Crippen molar-refractivity contribution in [2.24, 2.45) is 0 Å². The molecule has 0 aliphatic heterocycles. The van der Waals surface area contributed by atoms with E-state index in [2.05, 4.69) is 33.4 Å². The number of hydrogen-bond acceptors (Lipinski definition) is 2. The highest BCUT2D eigenvalue weighted by atomic mass is 79.9. The van der Waals surface area contributed by atoms with E-state index in [9.17, 15) is 5.11 Å². The monoisotopic (exact) mass is 291 g/mol. The summed E-state index contributed by atoms with van der Waals surface area (Å²) < 4.78 is 1.09. The molecule has 0 aliphatic carbocycles. The second-order valence-electron chi connectivity index (χ2n) is 3.82. The summed E-state index contributed by atoms with van der Waals surface area (Å²) in [6.07, 6.45) is 0.932. The summed E-state index contributed by atoms with van der Waals surface area (Å²) in [5.41, 5.74) is 2.06. The second kappa shape index (κ2) is 5.73. The molecule has 0 atom stereocenters. The van der Waals surface area contributed by atoms with Gasteiger partial charge in [-0.15, -0.1) is 0 Å². The third-order valence-electron chi connectivity index (χ3n) is 2.55. The van der Waals surface area contributed by atoms with Crippen LogP contribution in [-0.4, -0.2) is 11.7 Å². The summed E-state index contributed by atoms with van der Waals surface area (Å²) in [5.74, 6) is 0.295. The normalized spacial score (nSPS) is 10.2. The zero-order valence-electron chi connectivity index (χ0n) is 9.36. The molecule has 17 heavy (non-hydrogen) atoms. The van der Waals surface area contributed by atoms with Gasteiger partial charge in [-0.2, -0.15) is 0 Å². The van der Waals surface area contributed by atoms with Crippen LogP contribution in [0.2, 0.25) is 0 Å². The molecular formula is C14H14BrNO. The van der Waals surface area contributed by atoms with Crippen molar-refractivity contribution < 1.29 is 5.11 Å². The molecule has 0 saturated heterocycles. The third kappa shape index (κ3) is 3.49. The van der Waals surface area contributed by atoms with Gasteiger partial charge in [-0.1, -0.05) is 40.2 Å². The maximum absolute atomic E-state index is 9.58. The number of phenolic OH excluding ortho intramolecular Hbond substituents is 1. The Labute approximate surface area is 109 Å². The second-order valence-corrected chi connectivity index (χ2v) is 4.74. The van der Waals surface area contributed by atoms with Crippen LogP contribution >= 0.6 is 15.9 Å². The molecule has 2 rings (SSSR count). The van der Waals surface area contributed by atoms with Gasteiger partial charge in [0.15, 0.2) is 0 Å². The molecule has 0 fully saturated rings. The van der Waals surface area contributed by atoms with Crippen LogP contribution in [-0.2, 0) is 6.42 Å². The number of aromatic hydroxyl groups is 1. The predicted molar refractivity (Wildman–Crippen MR) is 74.4 cm³/mol. The number of phenols is 1. The van der Waals surface area contributed by atoms with Gasteiger partial charge in [0.1, 0.15) is 5.75 Å². The SMILES string of the molecule is Oc1ccccc1NCCc1ccc(Br)cc1. The Bertz CT molecular complexity index is 482. The van der Waals surface area contributed by atoms with Crippen LogP contribution in [0.5, 0.6) is 5.75 Å². The fraction of sp³-hybridized carbons (Fsp3) is 0.143. The largest absolute Gasteiger partial charge is 0.506 e. The highest BCUT2D eigenvalue weighted by molar-refractivity contribution is 9.10. The molecular weight excluding hydrogens is 278 g/mol. The summed E-state index contributed by atoms with van der Waals surface area (Å²) in [6.45, 7) is 0.805. The molecule has 88 valence electrons. The smallest absolute Gasteiger partial charge is 0.138 e. The van der Waals surface area contributed by atoms with Gasteiger partial charge < -0.3 is 10.4 Å². The van der Waals surface area contributed by atoms with E-state index in [0.29, 0.717) is 5.75 Å². The van der Waals surface area contributed by atoms with Gasteiger partial charge in [0.2, 0.25) is 0 Å². The van der Waals surface area contributed by atoms with Crippen molar-refractivity contribution in [1.29, 1.82) is 0 Å². The van der Waals surface area contributed by atoms with Crippen molar-refractivity contribution >= 4 is 21.6 Å². The van der Waals surface area contributed by atoms with E-state index in [1.807, 2.05) is 30.3 Å². The number of anilines is 1. The van der Waals surface area contributed by atoms with Gasteiger partial charge in [0, 0.05) is 11.0 Å². The minimum absolute atomic E-state index is 0.295. The highest BCUT2D eigenvalue weighted by Crippen LogP contribution is 2.21. The van der Waals surface area contributed by atoms with Crippen molar-refractivity contribution in [3.63, 3.8) is 0 Å². The first-order valence-corrected chi connectivity index (χ1v) is 6.31. The number of nitrogens with one attached hydrogen (secondary N) is 1. The van der Waals surface area contributed by atoms with Gasteiger partial charge in [-0.25, -0.2) is 0 Å². The van der Waals surface area contributed by atoms with Crippen LogP contribution in [0.3, 0.4) is 0 Å². The molecule has 0 radical (unpaired) electrons. The number of benzene rings is 2. The summed E-state index contributed by atoms with van der Waals surface area (Å²) in [6, 6.07) is 15.5. The van der Waals surface area contributed by atoms with Crippen molar-refractivity contribution in [3.05, 3.63) is 58.6 Å². The van der Waals surface area contributed by atoms with Gasteiger partial charge in [0.25, 0.3) is 0 Å². The molecule has 0 aliphatic rings. The lowest BCUT2D eigenvalue weighted by atomic mass is 10.1. The minimum Gasteiger partial charge on any atom is -0.506 e. The third-order valence-corrected chi connectivity index (χ3v) is 3.08. The molecule has 2 aromatic rings. The maximum atomic E-state index is 9.58. The van der Waals surface area contributed by atoms with Crippen molar-refractivity contribution in [1.82, 2.24) is 0 Å². The average molecular weight is 292 g/mol. The molecule has 0 spiro atoms. The molecule has 2 N–H and O–H groups in total. The lowest BCUT2D eigenvalue weighted by Crippen LogP contribution is -2.04. The fourth-order valence-electron chi connectivity index (χ4n) is 1.62. The summed E-state index contributed by atoms with van der Waals surface area (Å²) in [5, 5.41) is 12.8. The van der Waals surface area contributed by atoms with E-state index >= 15 is 0 Å². The summed E-state index contributed by atoms with van der Waals surface area (Å²) in [7, 11) is 0. The Morgan fingerprint density at radius 2 is 1.71 bits per heavy atom. The maximum Gasteiger partial charge on any atom is 0.138 e. The molecule has 0 heterocycles. The fourth-order valence-corrected chi connectivity index (χ4v) is 1.88. The standard InChI is InChI=1S/C14H14BrNO/c15-12-7-5-11(6-8-12)9-10-16-13-3-1-2-4-14(13)17/h1-8,16-17H,9-10H2. The first-order chi connectivity index (χ1) is 8.25. The average Bonchev–Trinajstić information content (AvgIpc) is 2.34. The van der Waals surface area contributed by atoms with Crippen LogP contribution in [0.15, 0.2) is 53.0 Å². The number of para-hydroxylation sites is 2. The van der Waals surface area contributed by atoms with Gasteiger partial charge in [-0.3, -0.25) is 0 Å². The van der Waals surface area contributed by atoms with Crippen LogP contribution in [0.25, 0.3) is 0 Å². The quantitative estimate of drug-likeness (QED) is 0.840. The zero-order chi connectivity index (χ0) is 12.1. The van der Waals surface area contributed by atoms with E-state index in [4.69, 9.17) is 0 Å². The van der Waals surface area contributed by atoms with E-state index in [1.165, 1.54) is 5.56 Å². The minimum atomic E-state index is 0.295. The van der Waals surface area contributed by atoms with E-state index in [1.54, 1.807) is 6.07 Å². The Balaban J connectivity index is 1.88. The Morgan fingerprint density at radius 1 is 1.00 bits per heavy atom. The molecule has 0 saturated carbocycles. The number of hydrogen-bond donors (Lipinski definition) is 2. The van der Waals surface area contributed by atoms with Gasteiger partial charge in [0.05, 0.1) is 5.69 Å². The lowest BCUT2D eigenvalue weighted by Gasteiger charge is -2.08. The Hall–Kier alpha value is -1.48. The van der Waals surface area contributed by atoms with E-state index < -0.39 is 0 Å². The Kier molecular flexibility index (Phi) is 4.04. The summed E-state index contributed by atoms with van der Waals surface area (Å²) in [4.78, 5) is 0. The topological polar surface area (TPSA) is 32.3 Å². The highest BCUT2D eigenvalue weighted by Gasteiger charge is 1.98. The molecule has 2 nitrogen and oxygen atoms in total. The Morgan fingerprint density at radius 3 is 2.41 bits per heavy atom. The molecule has 3 heteroatoms. The molecule has 0 amide bonds.